The van der Waals surface area contributed by atoms with Gasteiger partial charge in [0.25, 0.3) is 5.91 Å². The summed E-state index contributed by atoms with van der Waals surface area (Å²) in [5.74, 6) is -0.697. The van der Waals surface area contributed by atoms with E-state index in [1.54, 1.807) is 36.4 Å². The fraction of sp³-hybridized carbons (Fsp3) is 0.235. The largest absolute Gasteiger partial charge is 0.449 e. The van der Waals surface area contributed by atoms with Gasteiger partial charge < -0.3 is 15.0 Å². The minimum absolute atomic E-state index is 0.336. The molecule has 24 heavy (non-hydrogen) atoms. The Morgan fingerprint density at radius 1 is 1.17 bits per heavy atom. The van der Waals surface area contributed by atoms with Crippen molar-refractivity contribution in [1.82, 2.24) is 4.98 Å². The van der Waals surface area contributed by atoms with Crippen LogP contribution in [0.2, 0.25) is 5.02 Å². The maximum absolute atomic E-state index is 12.1. The van der Waals surface area contributed by atoms with E-state index in [-0.39, 0.29) is 0 Å². The van der Waals surface area contributed by atoms with E-state index >= 15 is 0 Å². The summed E-state index contributed by atoms with van der Waals surface area (Å²) >= 11 is 5.73. The summed E-state index contributed by atoms with van der Waals surface area (Å²) in [5, 5.41) is 3.02. The molecular formula is C17H18ClN3O3. The highest BCUT2D eigenvalue weighted by molar-refractivity contribution is 6.30. The van der Waals surface area contributed by atoms with Gasteiger partial charge in [0.05, 0.1) is 10.6 Å². The Hall–Kier alpha value is -2.60. The topological polar surface area (TPSA) is 71.5 Å². The van der Waals surface area contributed by atoms with Crippen LogP contribution >= 0.6 is 11.6 Å². The molecule has 0 saturated carbocycles. The molecule has 0 aliphatic heterocycles. The highest BCUT2D eigenvalue weighted by Crippen LogP contribution is 2.14. The molecule has 7 heteroatoms. The average molecular weight is 348 g/mol. The van der Waals surface area contributed by atoms with Gasteiger partial charge in [-0.1, -0.05) is 11.6 Å². The lowest BCUT2D eigenvalue weighted by molar-refractivity contribution is -0.123. The highest BCUT2D eigenvalue weighted by Gasteiger charge is 2.19. The van der Waals surface area contributed by atoms with Gasteiger partial charge in [-0.25, -0.2) is 9.78 Å². The maximum Gasteiger partial charge on any atom is 0.338 e. The van der Waals surface area contributed by atoms with Gasteiger partial charge in [0.2, 0.25) is 0 Å². The van der Waals surface area contributed by atoms with E-state index < -0.39 is 18.0 Å². The fourth-order valence-electron chi connectivity index (χ4n) is 1.86. The molecule has 2 rings (SSSR count). The quantitative estimate of drug-likeness (QED) is 0.842. The molecule has 126 valence electrons. The van der Waals surface area contributed by atoms with Gasteiger partial charge in [0.1, 0.15) is 5.82 Å². The van der Waals surface area contributed by atoms with Crippen molar-refractivity contribution in [3.05, 3.63) is 53.2 Å². The Balaban J connectivity index is 1.94. The predicted octanol–water partition coefficient (Wildman–Crippen LogP) is 2.99. The number of nitrogens with one attached hydrogen (secondary N) is 1. The SMILES string of the molecule is C[C@H](OC(=O)c1ccc(N(C)C)cc1)C(=O)Nc1ccc(Cl)cn1. The van der Waals surface area contributed by atoms with Crippen molar-refractivity contribution < 1.29 is 14.3 Å². The minimum Gasteiger partial charge on any atom is -0.449 e. The number of amides is 1. The van der Waals surface area contributed by atoms with Crippen LogP contribution in [0.5, 0.6) is 0 Å². The van der Waals surface area contributed by atoms with Crippen LogP contribution in [0, 0.1) is 0 Å². The van der Waals surface area contributed by atoms with Gasteiger partial charge in [0, 0.05) is 26.0 Å². The number of pyridine rings is 1. The van der Waals surface area contributed by atoms with E-state index in [1.807, 2.05) is 19.0 Å². The molecule has 1 amide bonds. The number of hydrogen-bond acceptors (Lipinski definition) is 5. The van der Waals surface area contributed by atoms with Crippen LogP contribution in [0.3, 0.4) is 0 Å². The van der Waals surface area contributed by atoms with Crippen molar-refractivity contribution in [1.29, 1.82) is 0 Å². The molecule has 6 nitrogen and oxygen atoms in total. The zero-order valence-corrected chi connectivity index (χ0v) is 14.4. The third-order valence-electron chi connectivity index (χ3n) is 3.25. The third-order valence-corrected chi connectivity index (χ3v) is 3.47. The van der Waals surface area contributed by atoms with Crippen molar-refractivity contribution >= 4 is 35.0 Å². The van der Waals surface area contributed by atoms with E-state index in [1.165, 1.54) is 13.1 Å². The Morgan fingerprint density at radius 2 is 1.83 bits per heavy atom. The summed E-state index contributed by atoms with van der Waals surface area (Å²) in [6, 6.07) is 10.1. The molecule has 2 aromatic rings. The van der Waals surface area contributed by atoms with Crippen LogP contribution in [-0.2, 0) is 9.53 Å². The van der Waals surface area contributed by atoms with E-state index in [9.17, 15) is 9.59 Å². The van der Waals surface area contributed by atoms with Gasteiger partial charge in [-0.2, -0.15) is 0 Å². The molecular weight excluding hydrogens is 330 g/mol. The van der Waals surface area contributed by atoms with E-state index in [4.69, 9.17) is 16.3 Å². The first-order chi connectivity index (χ1) is 11.4. The Morgan fingerprint density at radius 3 is 2.38 bits per heavy atom. The van der Waals surface area contributed by atoms with Crippen LogP contribution in [0.4, 0.5) is 11.5 Å². The number of benzene rings is 1. The highest BCUT2D eigenvalue weighted by atomic mass is 35.5. The second-order valence-corrected chi connectivity index (χ2v) is 5.78. The van der Waals surface area contributed by atoms with Gasteiger partial charge in [-0.15, -0.1) is 0 Å². The molecule has 0 unspecified atom stereocenters. The lowest BCUT2D eigenvalue weighted by atomic mass is 10.2. The Kier molecular flexibility index (Phi) is 5.76. The second-order valence-electron chi connectivity index (χ2n) is 5.34. The first kappa shape index (κ1) is 17.7. The monoisotopic (exact) mass is 347 g/mol. The smallest absolute Gasteiger partial charge is 0.338 e. The number of ether oxygens (including phenoxy) is 1. The number of carbonyl (C=O) groups excluding carboxylic acids is 2. The van der Waals surface area contributed by atoms with Gasteiger partial charge >= 0.3 is 5.97 Å². The number of anilines is 2. The minimum atomic E-state index is -0.955. The molecule has 0 aliphatic carbocycles. The van der Waals surface area contributed by atoms with Crippen molar-refractivity contribution in [2.45, 2.75) is 13.0 Å². The first-order valence-electron chi connectivity index (χ1n) is 7.27. The number of carbonyl (C=O) groups is 2. The summed E-state index contributed by atoms with van der Waals surface area (Å²) in [4.78, 5) is 30.0. The molecule has 0 spiro atoms. The van der Waals surface area contributed by atoms with E-state index in [2.05, 4.69) is 10.3 Å². The summed E-state index contributed by atoms with van der Waals surface area (Å²) in [6.45, 7) is 1.50. The summed E-state index contributed by atoms with van der Waals surface area (Å²) < 4.78 is 5.18. The molecule has 0 saturated heterocycles. The number of aromatic nitrogens is 1. The molecule has 1 heterocycles. The maximum atomic E-state index is 12.1. The fourth-order valence-corrected chi connectivity index (χ4v) is 1.97. The first-order valence-corrected chi connectivity index (χ1v) is 7.65. The zero-order valence-electron chi connectivity index (χ0n) is 13.6. The number of nitrogens with zero attached hydrogens (tertiary/aromatic N) is 2. The lowest BCUT2D eigenvalue weighted by Crippen LogP contribution is -2.30. The van der Waals surface area contributed by atoms with Crippen LogP contribution in [0.15, 0.2) is 42.6 Å². The zero-order chi connectivity index (χ0) is 17.7. The van der Waals surface area contributed by atoms with Crippen LogP contribution in [-0.4, -0.2) is 37.1 Å². The number of hydrogen-bond donors (Lipinski definition) is 1. The molecule has 0 bridgehead atoms. The van der Waals surface area contributed by atoms with Crippen molar-refractivity contribution in [2.24, 2.45) is 0 Å². The van der Waals surface area contributed by atoms with Gasteiger partial charge in [-0.05, 0) is 43.3 Å². The number of halogens is 1. The Labute approximate surface area is 145 Å². The third kappa shape index (κ3) is 4.70. The summed E-state index contributed by atoms with van der Waals surface area (Å²) in [7, 11) is 3.81. The molecule has 1 aromatic heterocycles. The lowest BCUT2D eigenvalue weighted by Gasteiger charge is -2.14. The van der Waals surface area contributed by atoms with E-state index in [0.717, 1.165) is 5.69 Å². The van der Waals surface area contributed by atoms with Crippen molar-refractivity contribution in [3.8, 4) is 0 Å². The van der Waals surface area contributed by atoms with Crippen LogP contribution in [0.1, 0.15) is 17.3 Å². The molecule has 1 aromatic carbocycles. The second kappa shape index (κ2) is 7.79. The Bertz CT molecular complexity index is 715. The summed E-state index contributed by atoms with van der Waals surface area (Å²) in [6.07, 6.45) is 0.462. The summed E-state index contributed by atoms with van der Waals surface area (Å²) in [5.41, 5.74) is 1.34. The molecule has 0 radical (unpaired) electrons. The van der Waals surface area contributed by atoms with Crippen molar-refractivity contribution in [3.63, 3.8) is 0 Å². The standard InChI is InChI=1S/C17H18ClN3O3/c1-11(16(22)20-15-9-6-13(18)10-19-15)24-17(23)12-4-7-14(8-5-12)21(2)3/h4-11H,1-3H3,(H,19,20,22)/t11-/m0/s1. The van der Waals surface area contributed by atoms with Crippen molar-refractivity contribution in [2.75, 3.05) is 24.3 Å². The number of rotatable bonds is 5. The average Bonchev–Trinajstić information content (AvgIpc) is 2.56. The van der Waals surface area contributed by atoms with Gasteiger partial charge in [0.15, 0.2) is 6.10 Å². The predicted molar refractivity (Wildman–Crippen MR) is 93.5 cm³/mol. The molecule has 0 fully saturated rings. The molecule has 0 aliphatic rings. The van der Waals surface area contributed by atoms with E-state index in [0.29, 0.717) is 16.4 Å². The molecule has 1 N–H and O–H groups in total. The van der Waals surface area contributed by atoms with Crippen LogP contribution in [0.25, 0.3) is 0 Å². The number of esters is 1. The van der Waals surface area contributed by atoms with Gasteiger partial charge in [-0.3, -0.25) is 4.79 Å². The van der Waals surface area contributed by atoms with Crippen LogP contribution < -0.4 is 10.2 Å². The molecule has 1 atom stereocenters. The normalized spacial score (nSPS) is 11.5.